The molecule has 0 spiro atoms. The van der Waals surface area contributed by atoms with Crippen LogP contribution in [0.4, 0.5) is 5.69 Å². The van der Waals surface area contributed by atoms with E-state index in [0.29, 0.717) is 0 Å². The summed E-state index contributed by atoms with van der Waals surface area (Å²) in [5.41, 5.74) is 2.70. The van der Waals surface area contributed by atoms with E-state index in [0.717, 1.165) is 0 Å². The minimum absolute atomic E-state index is 1.22. The zero-order chi connectivity index (χ0) is 10.3. The van der Waals surface area contributed by atoms with Crippen LogP contribution in [0.5, 0.6) is 0 Å². The number of hydrogen-bond donors (Lipinski definition) is 0. The molecule has 0 unspecified atom stereocenters. The van der Waals surface area contributed by atoms with Crippen LogP contribution in [0, 0.1) is 0 Å². The molecular formula is C13H16N2. The third-order valence-electron chi connectivity index (χ3n) is 3.34. The maximum atomic E-state index is 2.48. The Balaban J connectivity index is 2.05. The Morgan fingerprint density at radius 3 is 2.67 bits per heavy atom. The van der Waals surface area contributed by atoms with E-state index in [4.69, 9.17) is 0 Å². The minimum atomic E-state index is 1.22. The smallest absolute Gasteiger partial charge is 0.0479 e. The highest BCUT2D eigenvalue weighted by atomic mass is 15.1. The standard InChI is InChI=1S/C13H16N2/c1-14-9-6-11-10-12(4-5-13(11)14)15-7-2-3-8-15/h4-6,9-10H,2-3,7-8H2,1H3. The topological polar surface area (TPSA) is 8.17 Å². The molecule has 1 fully saturated rings. The van der Waals surface area contributed by atoms with Crippen molar-refractivity contribution >= 4 is 16.6 Å². The van der Waals surface area contributed by atoms with Gasteiger partial charge in [0.15, 0.2) is 0 Å². The number of rotatable bonds is 1. The van der Waals surface area contributed by atoms with Gasteiger partial charge < -0.3 is 9.47 Å². The first-order valence-electron chi connectivity index (χ1n) is 5.65. The molecule has 0 saturated carbocycles. The van der Waals surface area contributed by atoms with Gasteiger partial charge in [0.05, 0.1) is 0 Å². The zero-order valence-electron chi connectivity index (χ0n) is 9.11. The van der Waals surface area contributed by atoms with Crippen LogP contribution in [0.1, 0.15) is 12.8 Å². The Bertz CT molecular complexity index is 478. The lowest BCUT2D eigenvalue weighted by atomic mass is 10.2. The molecule has 1 aliphatic heterocycles. The molecule has 2 heterocycles. The molecule has 0 radical (unpaired) electrons. The summed E-state index contributed by atoms with van der Waals surface area (Å²) >= 11 is 0. The fourth-order valence-electron chi connectivity index (χ4n) is 2.44. The highest BCUT2D eigenvalue weighted by Crippen LogP contribution is 2.25. The minimum Gasteiger partial charge on any atom is -0.372 e. The molecule has 0 aliphatic carbocycles. The Morgan fingerprint density at radius 2 is 1.87 bits per heavy atom. The summed E-state index contributed by atoms with van der Waals surface area (Å²) in [7, 11) is 2.10. The number of hydrogen-bond acceptors (Lipinski definition) is 1. The largest absolute Gasteiger partial charge is 0.372 e. The van der Waals surface area contributed by atoms with Gasteiger partial charge in [0.1, 0.15) is 0 Å². The second kappa shape index (κ2) is 3.30. The second-order valence-electron chi connectivity index (χ2n) is 4.36. The predicted octanol–water partition coefficient (Wildman–Crippen LogP) is 2.78. The average molecular weight is 200 g/mol. The van der Waals surface area contributed by atoms with Gasteiger partial charge in [-0.05, 0) is 37.1 Å². The fourth-order valence-corrected chi connectivity index (χ4v) is 2.44. The Kier molecular flexibility index (Phi) is 1.94. The molecule has 1 aromatic heterocycles. The van der Waals surface area contributed by atoms with Crippen molar-refractivity contribution in [1.29, 1.82) is 0 Å². The molecule has 0 N–H and O–H groups in total. The third-order valence-corrected chi connectivity index (χ3v) is 3.34. The normalized spacial score (nSPS) is 16.5. The number of benzene rings is 1. The first kappa shape index (κ1) is 8.84. The Labute approximate surface area is 90.1 Å². The molecule has 1 aromatic carbocycles. The molecule has 15 heavy (non-hydrogen) atoms. The summed E-state index contributed by atoms with van der Waals surface area (Å²) in [5, 5.41) is 1.35. The summed E-state index contributed by atoms with van der Waals surface area (Å²) in [5.74, 6) is 0. The van der Waals surface area contributed by atoms with E-state index in [1.807, 2.05) is 0 Å². The van der Waals surface area contributed by atoms with Gasteiger partial charge in [0.25, 0.3) is 0 Å². The highest BCUT2D eigenvalue weighted by Gasteiger charge is 2.12. The highest BCUT2D eigenvalue weighted by molar-refractivity contribution is 5.84. The van der Waals surface area contributed by atoms with Crippen molar-refractivity contribution in [1.82, 2.24) is 4.57 Å². The molecule has 2 nitrogen and oxygen atoms in total. The maximum Gasteiger partial charge on any atom is 0.0479 e. The maximum absolute atomic E-state index is 2.48. The van der Waals surface area contributed by atoms with E-state index < -0.39 is 0 Å². The van der Waals surface area contributed by atoms with Gasteiger partial charge in [-0.1, -0.05) is 0 Å². The number of aromatic nitrogens is 1. The number of fused-ring (bicyclic) bond motifs is 1. The lowest BCUT2D eigenvalue weighted by Crippen LogP contribution is -2.17. The van der Waals surface area contributed by atoms with Crippen molar-refractivity contribution in [3.05, 3.63) is 30.5 Å². The summed E-state index contributed by atoms with van der Waals surface area (Å²) < 4.78 is 2.17. The van der Waals surface area contributed by atoms with Crippen LogP contribution in [0.15, 0.2) is 30.5 Å². The van der Waals surface area contributed by atoms with E-state index in [1.54, 1.807) is 0 Å². The Morgan fingerprint density at radius 1 is 1.07 bits per heavy atom. The van der Waals surface area contributed by atoms with Gasteiger partial charge in [-0.25, -0.2) is 0 Å². The van der Waals surface area contributed by atoms with E-state index >= 15 is 0 Å². The third kappa shape index (κ3) is 1.41. The van der Waals surface area contributed by atoms with E-state index in [2.05, 4.69) is 47.0 Å². The monoisotopic (exact) mass is 200 g/mol. The van der Waals surface area contributed by atoms with Gasteiger partial charge in [-0.15, -0.1) is 0 Å². The molecule has 3 rings (SSSR count). The van der Waals surface area contributed by atoms with Gasteiger partial charge in [0.2, 0.25) is 0 Å². The molecule has 78 valence electrons. The zero-order valence-corrected chi connectivity index (χ0v) is 9.11. The van der Waals surface area contributed by atoms with Crippen molar-refractivity contribution in [2.24, 2.45) is 7.05 Å². The molecule has 2 aromatic rings. The van der Waals surface area contributed by atoms with Crippen LogP contribution >= 0.6 is 0 Å². The first-order valence-corrected chi connectivity index (χ1v) is 5.65. The molecule has 1 saturated heterocycles. The van der Waals surface area contributed by atoms with Gasteiger partial charge in [-0.2, -0.15) is 0 Å². The second-order valence-corrected chi connectivity index (χ2v) is 4.36. The number of aryl methyl sites for hydroxylation is 1. The van der Waals surface area contributed by atoms with E-state index in [-0.39, 0.29) is 0 Å². The summed E-state index contributed by atoms with van der Waals surface area (Å²) in [4.78, 5) is 2.48. The average Bonchev–Trinajstić information content (AvgIpc) is 2.88. The summed E-state index contributed by atoms with van der Waals surface area (Å²) in [6, 6.07) is 8.96. The van der Waals surface area contributed by atoms with Gasteiger partial charge >= 0.3 is 0 Å². The van der Waals surface area contributed by atoms with Crippen LogP contribution in [0.3, 0.4) is 0 Å². The van der Waals surface area contributed by atoms with Crippen LogP contribution in [-0.4, -0.2) is 17.7 Å². The lowest BCUT2D eigenvalue weighted by Gasteiger charge is -2.17. The molecule has 1 aliphatic rings. The molecular weight excluding hydrogens is 184 g/mol. The number of nitrogens with zero attached hydrogens (tertiary/aromatic N) is 2. The van der Waals surface area contributed by atoms with Crippen LogP contribution in [0.25, 0.3) is 10.9 Å². The predicted molar refractivity (Wildman–Crippen MR) is 64.4 cm³/mol. The fraction of sp³-hybridized carbons (Fsp3) is 0.385. The summed E-state index contributed by atoms with van der Waals surface area (Å²) in [6.45, 7) is 2.44. The van der Waals surface area contributed by atoms with Crippen molar-refractivity contribution in [3.63, 3.8) is 0 Å². The first-order chi connectivity index (χ1) is 7.34. The molecule has 2 heteroatoms. The lowest BCUT2D eigenvalue weighted by molar-refractivity contribution is 0.949. The van der Waals surface area contributed by atoms with Crippen molar-refractivity contribution in [3.8, 4) is 0 Å². The van der Waals surface area contributed by atoms with Crippen molar-refractivity contribution in [2.45, 2.75) is 12.8 Å². The van der Waals surface area contributed by atoms with Crippen LogP contribution < -0.4 is 4.90 Å². The van der Waals surface area contributed by atoms with Crippen molar-refractivity contribution in [2.75, 3.05) is 18.0 Å². The van der Waals surface area contributed by atoms with Gasteiger partial charge in [-0.3, -0.25) is 0 Å². The molecule has 0 bridgehead atoms. The SMILES string of the molecule is Cn1ccc2cc(N3CCCC3)ccc21. The van der Waals surface area contributed by atoms with Crippen molar-refractivity contribution < 1.29 is 0 Å². The van der Waals surface area contributed by atoms with Crippen LogP contribution in [-0.2, 0) is 7.05 Å². The molecule has 0 atom stereocenters. The van der Waals surface area contributed by atoms with E-state index in [9.17, 15) is 0 Å². The number of anilines is 1. The summed E-state index contributed by atoms with van der Waals surface area (Å²) in [6.07, 6.45) is 4.80. The van der Waals surface area contributed by atoms with Crippen LogP contribution in [0.2, 0.25) is 0 Å². The van der Waals surface area contributed by atoms with Gasteiger partial charge in [0, 0.05) is 42.9 Å². The molecule has 0 amide bonds. The Hall–Kier alpha value is -1.44. The quantitative estimate of drug-likeness (QED) is 0.687. The van der Waals surface area contributed by atoms with E-state index in [1.165, 1.54) is 42.5 Å².